The van der Waals surface area contributed by atoms with Gasteiger partial charge in [-0.3, -0.25) is 4.99 Å². The smallest absolute Gasteiger partial charge is 0.238 e. The van der Waals surface area contributed by atoms with Crippen molar-refractivity contribution in [3.63, 3.8) is 0 Å². The van der Waals surface area contributed by atoms with Crippen molar-refractivity contribution in [1.29, 1.82) is 0 Å². The van der Waals surface area contributed by atoms with Crippen LogP contribution in [-0.4, -0.2) is 28.0 Å². The minimum Gasteiger partial charge on any atom is -0.494 e. The Morgan fingerprint density at radius 1 is 1.14 bits per heavy atom. The van der Waals surface area contributed by atoms with Crippen LogP contribution in [0.25, 0.3) is 0 Å². The number of aliphatic imine (C=N–C) groups is 1. The van der Waals surface area contributed by atoms with Crippen molar-refractivity contribution >= 4 is 40.0 Å². The van der Waals surface area contributed by atoms with E-state index in [9.17, 15) is 8.42 Å². The number of halogens is 1. The average molecular weight is 518 g/mol. The van der Waals surface area contributed by atoms with E-state index in [0.29, 0.717) is 25.7 Å². The highest BCUT2D eigenvalue weighted by Crippen LogP contribution is 2.20. The Morgan fingerprint density at radius 2 is 1.86 bits per heavy atom. The summed E-state index contributed by atoms with van der Waals surface area (Å²) in [6, 6.07) is 12.6. The van der Waals surface area contributed by atoms with Crippen LogP contribution in [0.4, 0.5) is 0 Å². The summed E-state index contributed by atoms with van der Waals surface area (Å²) in [5.74, 6) is 1.44. The highest BCUT2D eigenvalue weighted by atomic mass is 127. The second kappa shape index (κ2) is 11.2. The number of nitrogens with one attached hydrogen (secondary N) is 2. The van der Waals surface area contributed by atoms with Crippen molar-refractivity contribution in [2.45, 2.75) is 31.8 Å². The monoisotopic (exact) mass is 518 g/mol. The topological polar surface area (TPSA) is 106 Å². The molecule has 0 saturated carbocycles. The number of primary sulfonamides is 1. The van der Waals surface area contributed by atoms with Crippen LogP contribution in [0.5, 0.6) is 5.75 Å². The minimum absolute atomic E-state index is 0. The van der Waals surface area contributed by atoms with E-state index < -0.39 is 10.0 Å². The molecule has 0 aliphatic carbocycles. The highest BCUT2D eigenvalue weighted by molar-refractivity contribution is 14.0. The fourth-order valence-electron chi connectivity index (χ4n) is 2.52. The third kappa shape index (κ3) is 7.28. The largest absolute Gasteiger partial charge is 0.494 e. The van der Waals surface area contributed by atoms with E-state index in [1.54, 1.807) is 19.2 Å². The molecule has 0 unspecified atom stereocenters. The van der Waals surface area contributed by atoms with E-state index in [1.165, 1.54) is 6.07 Å². The zero-order chi connectivity index (χ0) is 19.9. The number of guanidine groups is 1. The SMILES string of the molecule is CCOc1cc(C)ccc1CNC(=NC)NCc1cccc(S(N)(=O)=O)c1.I. The molecule has 7 nitrogen and oxygen atoms in total. The lowest BCUT2D eigenvalue weighted by Gasteiger charge is -2.15. The molecule has 2 aromatic rings. The van der Waals surface area contributed by atoms with Gasteiger partial charge in [0.2, 0.25) is 10.0 Å². The molecule has 0 aromatic heterocycles. The molecular weight excluding hydrogens is 491 g/mol. The summed E-state index contributed by atoms with van der Waals surface area (Å²) in [5, 5.41) is 11.6. The van der Waals surface area contributed by atoms with Crippen LogP contribution in [0.1, 0.15) is 23.6 Å². The number of nitrogens with two attached hydrogens (primary N) is 1. The van der Waals surface area contributed by atoms with E-state index in [-0.39, 0.29) is 28.9 Å². The maximum Gasteiger partial charge on any atom is 0.238 e. The van der Waals surface area contributed by atoms with Gasteiger partial charge in [-0.1, -0.05) is 24.3 Å². The summed E-state index contributed by atoms with van der Waals surface area (Å²) in [6.07, 6.45) is 0. The molecule has 154 valence electrons. The van der Waals surface area contributed by atoms with E-state index in [1.807, 2.05) is 38.1 Å². The maximum atomic E-state index is 11.5. The molecule has 4 N–H and O–H groups in total. The fourth-order valence-corrected chi connectivity index (χ4v) is 3.10. The van der Waals surface area contributed by atoms with Gasteiger partial charge >= 0.3 is 0 Å². The normalized spacial score (nSPS) is 11.5. The van der Waals surface area contributed by atoms with Crippen molar-refractivity contribution in [2.24, 2.45) is 10.1 Å². The zero-order valence-electron chi connectivity index (χ0n) is 16.2. The van der Waals surface area contributed by atoms with Crippen LogP contribution in [0.2, 0.25) is 0 Å². The Hall–Kier alpha value is -1.85. The number of sulfonamides is 1. The van der Waals surface area contributed by atoms with Gasteiger partial charge in [0.15, 0.2) is 5.96 Å². The Kier molecular flexibility index (Phi) is 9.70. The van der Waals surface area contributed by atoms with E-state index in [2.05, 4.69) is 15.6 Å². The van der Waals surface area contributed by atoms with Crippen molar-refractivity contribution in [3.8, 4) is 5.75 Å². The molecule has 0 aliphatic rings. The molecular formula is C19H27IN4O3S. The molecule has 0 amide bonds. The first-order valence-electron chi connectivity index (χ1n) is 8.62. The number of nitrogens with zero attached hydrogens (tertiary/aromatic N) is 1. The first kappa shape index (κ1) is 24.2. The summed E-state index contributed by atoms with van der Waals surface area (Å²) in [7, 11) is -2.04. The van der Waals surface area contributed by atoms with Gasteiger partial charge in [0.1, 0.15) is 5.75 Å². The Labute approximate surface area is 183 Å². The second-order valence-electron chi connectivity index (χ2n) is 6.02. The lowest BCUT2D eigenvalue weighted by molar-refractivity contribution is 0.336. The van der Waals surface area contributed by atoms with Gasteiger partial charge in [0.25, 0.3) is 0 Å². The number of hydrogen-bond acceptors (Lipinski definition) is 4. The van der Waals surface area contributed by atoms with Crippen LogP contribution in [0.3, 0.4) is 0 Å². The first-order valence-corrected chi connectivity index (χ1v) is 10.2. The van der Waals surface area contributed by atoms with Gasteiger partial charge in [-0.15, -0.1) is 24.0 Å². The van der Waals surface area contributed by atoms with E-state index in [4.69, 9.17) is 9.88 Å². The average Bonchev–Trinajstić information content (AvgIpc) is 2.63. The quantitative estimate of drug-likeness (QED) is 0.297. The second-order valence-corrected chi connectivity index (χ2v) is 7.58. The standard InChI is InChI=1S/C19H26N4O3S.HI/c1-4-26-18-10-14(2)8-9-16(18)13-23-19(21-3)22-12-15-6-5-7-17(11-15)27(20,24)25;/h5-11H,4,12-13H2,1-3H3,(H2,20,24,25)(H2,21,22,23);1H. The predicted octanol–water partition coefficient (Wildman–Crippen LogP) is 2.52. The van der Waals surface area contributed by atoms with Gasteiger partial charge in [-0.2, -0.15) is 0 Å². The van der Waals surface area contributed by atoms with Gasteiger partial charge in [-0.05, 0) is 43.2 Å². The zero-order valence-corrected chi connectivity index (χ0v) is 19.4. The predicted molar refractivity (Wildman–Crippen MR) is 123 cm³/mol. The maximum absolute atomic E-state index is 11.5. The molecule has 2 rings (SSSR count). The summed E-state index contributed by atoms with van der Waals surface area (Å²) < 4.78 is 28.6. The van der Waals surface area contributed by atoms with Crippen molar-refractivity contribution < 1.29 is 13.2 Å². The fraction of sp³-hybridized carbons (Fsp3) is 0.316. The molecule has 0 radical (unpaired) electrons. The lowest BCUT2D eigenvalue weighted by atomic mass is 10.1. The number of hydrogen-bond donors (Lipinski definition) is 3. The molecule has 0 bridgehead atoms. The Bertz CT molecular complexity index is 917. The van der Waals surface area contributed by atoms with Gasteiger partial charge in [-0.25, -0.2) is 13.6 Å². The summed E-state index contributed by atoms with van der Waals surface area (Å²) in [4.78, 5) is 4.28. The highest BCUT2D eigenvalue weighted by Gasteiger charge is 2.09. The summed E-state index contributed by atoms with van der Waals surface area (Å²) >= 11 is 0. The van der Waals surface area contributed by atoms with Gasteiger partial charge < -0.3 is 15.4 Å². The summed E-state index contributed by atoms with van der Waals surface area (Å²) in [5.41, 5.74) is 2.95. The van der Waals surface area contributed by atoms with Crippen molar-refractivity contribution in [2.75, 3.05) is 13.7 Å². The number of rotatable bonds is 7. The Balaban J connectivity index is 0.00000392. The Morgan fingerprint density at radius 3 is 2.50 bits per heavy atom. The molecule has 0 fully saturated rings. The molecule has 0 saturated heterocycles. The molecule has 2 aromatic carbocycles. The molecule has 0 atom stereocenters. The molecule has 9 heteroatoms. The van der Waals surface area contributed by atoms with Crippen molar-refractivity contribution in [3.05, 3.63) is 59.2 Å². The summed E-state index contributed by atoms with van der Waals surface area (Å²) in [6.45, 7) is 5.54. The number of aryl methyl sites for hydroxylation is 1. The molecule has 0 aliphatic heterocycles. The molecule has 0 spiro atoms. The van der Waals surface area contributed by atoms with Crippen LogP contribution < -0.4 is 20.5 Å². The molecule has 28 heavy (non-hydrogen) atoms. The van der Waals surface area contributed by atoms with Crippen molar-refractivity contribution in [1.82, 2.24) is 10.6 Å². The minimum atomic E-state index is -3.72. The van der Waals surface area contributed by atoms with E-state index in [0.717, 1.165) is 22.4 Å². The lowest BCUT2D eigenvalue weighted by Crippen LogP contribution is -2.36. The number of benzene rings is 2. The van der Waals surface area contributed by atoms with Crippen LogP contribution in [-0.2, 0) is 23.1 Å². The molecule has 0 heterocycles. The van der Waals surface area contributed by atoms with Crippen LogP contribution >= 0.6 is 24.0 Å². The number of ether oxygens (including phenoxy) is 1. The third-order valence-corrected chi connectivity index (χ3v) is 4.79. The van der Waals surface area contributed by atoms with Gasteiger partial charge in [0, 0.05) is 25.7 Å². The van der Waals surface area contributed by atoms with Crippen LogP contribution in [0.15, 0.2) is 52.4 Å². The first-order chi connectivity index (χ1) is 12.8. The third-order valence-electron chi connectivity index (χ3n) is 3.88. The van der Waals surface area contributed by atoms with E-state index >= 15 is 0 Å². The van der Waals surface area contributed by atoms with Crippen LogP contribution in [0, 0.1) is 6.92 Å². The van der Waals surface area contributed by atoms with Gasteiger partial charge in [0.05, 0.1) is 11.5 Å².